The summed E-state index contributed by atoms with van der Waals surface area (Å²) in [4.78, 5) is 46.4. The molecule has 8 heteroatoms. The van der Waals surface area contributed by atoms with Crippen molar-refractivity contribution in [1.82, 2.24) is 9.13 Å². The Morgan fingerprint density at radius 2 is 1.69 bits per heavy atom. The Hall–Kier alpha value is -3.16. The minimum Gasteiger partial charge on any atom is -0.493 e. The molecule has 0 unspecified atom stereocenters. The quantitative estimate of drug-likeness (QED) is 0.535. The standard InChI is InChI=1S/C18H20N2O6/c1-12(21)13-4-6-15(7-5-13)25-9-8-17(23)26-11-14-10-16(22)20(3)18(24)19(14)2/h4-7,10H,8-9,11H2,1-3H3. The molecule has 1 aromatic heterocycles. The third kappa shape index (κ3) is 4.69. The second-order valence-corrected chi connectivity index (χ2v) is 5.71. The molecular weight excluding hydrogens is 340 g/mol. The summed E-state index contributed by atoms with van der Waals surface area (Å²) in [7, 11) is 2.87. The van der Waals surface area contributed by atoms with Crippen LogP contribution in [0.15, 0.2) is 39.9 Å². The van der Waals surface area contributed by atoms with E-state index in [9.17, 15) is 19.2 Å². The first-order valence-electron chi connectivity index (χ1n) is 7.95. The van der Waals surface area contributed by atoms with Crippen molar-refractivity contribution < 1.29 is 19.1 Å². The van der Waals surface area contributed by atoms with Gasteiger partial charge in [0, 0.05) is 25.7 Å². The van der Waals surface area contributed by atoms with Crippen LogP contribution < -0.4 is 16.0 Å². The second kappa shape index (κ2) is 8.28. The van der Waals surface area contributed by atoms with Gasteiger partial charge >= 0.3 is 11.7 Å². The van der Waals surface area contributed by atoms with Crippen LogP contribution in [0.5, 0.6) is 5.75 Å². The maximum absolute atomic E-state index is 11.8. The summed E-state index contributed by atoms with van der Waals surface area (Å²) in [5.74, 6) is -0.0134. The highest BCUT2D eigenvalue weighted by molar-refractivity contribution is 5.94. The van der Waals surface area contributed by atoms with Crippen molar-refractivity contribution in [3.8, 4) is 5.75 Å². The van der Waals surface area contributed by atoms with Gasteiger partial charge in [0.2, 0.25) is 0 Å². The Labute approximate surface area is 149 Å². The SMILES string of the molecule is CC(=O)c1ccc(OCCC(=O)OCc2cc(=O)n(C)c(=O)n2C)cc1. The number of aromatic nitrogens is 2. The molecule has 2 rings (SSSR count). The molecule has 0 radical (unpaired) electrons. The maximum atomic E-state index is 11.8. The zero-order valence-corrected chi connectivity index (χ0v) is 14.9. The third-order valence-electron chi connectivity index (χ3n) is 3.84. The molecule has 0 saturated carbocycles. The lowest BCUT2D eigenvalue weighted by Crippen LogP contribution is -2.38. The molecule has 0 aliphatic rings. The third-order valence-corrected chi connectivity index (χ3v) is 3.84. The van der Waals surface area contributed by atoms with Crippen molar-refractivity contribution in [3.05, 3.63) is 62.4 Å². The summed E-state index contributed by atoms with van der Waals surface area (Å²) in [6, 6.07) is 7.84. The number of nitrogens with zero attached hydrogens (tertiary/aromatic N) is 2. The number of Topliss-reactive ketones (excluding diaryl/α,β-unsaturated/α-hetero) is 1. The number of esters is 1. The van der Waals surface area contributed by atoms with Crippen LogP contribution in [0.3, 0.4) is 0 Å². The molecule has 138 valence electrons. The van der Waals surface area contributed by atoms with E-state index in [4.69, 9.17) is 9.47 Å². The smallest absolute Gasteiger partial charge is 0.330 e. The largest absolute Gasteiger partial charge is 0.493 e. The Kier molecular flexibility index (Phi) is 6.11. The van der Waals surface area contributed by atoms with Crippen molar-refractivity contribution in [2.45, 2.75) is 20.0 Å². The minimum absolute atomic E-state index is 0.00719. The predicted molar refractivity (Wildman–Crippen MR) is 93.3 cm³/mol. The maximum Gasteiger partial charge on any atom is 0.330 e. The fourth-order valence-corrected chi connectivity index (χ4v) is 2.18. The molecule has 0 N–H and O–H groups in total. The van der Waals surface area contributed by atoms with Crippen LogP contribution in [-0.4, -0.2) is 27.5 Å². The molecule has 8 nitrogen and oxygen atoms in total. The van der Waals surface area contributed by atoms with E-state index in [2.05, 4.69) is 0 Å². The number of ether oxygens (including phenoxy) is 2. The van der Waals surface area contributed by atoms with Gasteiger partial charge in [0.25, 0.3) is 5.56 Å². The van der Waals surface area contributed by atoms with E-state index < -0.39 is 17.2 Å². The van der Waals surface area contributed by atoms with Gasteiger partial charge in [-0.25, -0.2) is 4.79 Å². The highest BCUT2D eigenvalue weighted by Gasteiger charge is 2.09. The molecule has 1 aromatic carbocycles. The number of hydrogen-bond donors (Lipinski definition) is 0. The fraction of sp³-hybridized carbons (Fsp3) is 0.333. The van der Waals surface area contributed by atoms with E-state index in [-0.39, 0.29) is 25.4 Å². The van der Waals surface area contributed by atoms with E-state index in [0.29, 0.717) is 17.0 Å². The highest BCUT2D eigenvalue weighted by Crippen LogP contribution is 2.13. The molecule has 2 aromatic rings. The highest BCUT2D eigenvalue weighted by atomic mass is 16.5. The van der Waals surface area contributed by atoms with Gasteiger partial charge in [-0.1, -0.05) is 0 Å². The molecule has 0 spiro atoms. The summed E-state index contributed by atoms with van der Waals surface area (Å²) >= 11 is 0. The molecule has 0 amide bonds. The number of ketones is 1. The lowest BCUT2D eigenvalue weighted by molar-refractivity contribution is -0.145. The summed E-state index contributed by atoms with van der Waals surface area (Å²) in [6.07, 6.45) is 0.00719. The number of benzene rings is 1. The molecule has 1 heterocycles. The summed E-state index contributed by atoms with van der Waals surface area (Å²) in [5, 5.41) is 0. The van der Waals surface area contributed by atoms with E-state index in [1.165, 1.54) is 31.7 Å². The number of hydrogen-bond acceptors (Lipinski definition) is 6. The number of rotatable bonds is 7. The molecule has 0 bridgehead atoms. The topological polar surface area (TPSA) is 96.6 Å². The fourth-order valence-electron chi connectivity index (χ4n) is 2.18. The average molecular weight is 360 g/mol. The van der Waals surface area contributed by atoms with Gasteiger partial charge in [-0.05, 0) is 31.2 Å². The van der Waals surface area contributed by atoms with Crippen LogP contribution in [-0.2, 0) is 30.2 Å². The van der Waals surface area contributed by atoms with Crippen molar-refractivity contribution in [3.63, 3.8) is 0 Å². The molecular formula is C18H20N2O6. The van der Waals surface area contributed by atoms with Crippen molar-refractivity contribution in [2.75, 3.05) is 6.61 Å². The average Bonchev–Trinajstić information content (AvgIpc) is 2.62. The normalized spacial score (nSPS) is 10.4. The predicted octanol–water partition coefficient (Wildman–Crippen LogP) is 0.799. The van der Waals surface area contributed by atoms with Crippen LogP contribution in [0.1, 0.15) is 29.4 Å². The number of carbonyl (C=O) groups excluding carboxylic acids is 2. The summed E-state index contributed by atoms with van der Waals surface area (Å²) < 4.78 is 12.7. The first-order chi connectivity index (χ1) is 12.3. The zero-order valence-electron chi connectivity index (χ0n) is 14.9. The van der Waals surface area contributed by atoms with E-state index in [1.807, 2.05) is 0 Å². The minimum atomic E-state index is -0.515. The van der Waals surface area contributed by atoms with Gasteiger partial charge in [0.15, 0.2) is 5.78 Å². The zero-order chi connectivity index (χ0) is 19.3. The molecule has 0 aliphatic heterocycles. The van der Waals surface area contributed by atoms with Gasteiger partial charge < -0.3 is 9.47 Å². The van der Waals surface area contributed by atoms with Crippen molar-refractivity contribution >= 4 is 11.8 Å². The second-order valence-electron chi connectivity index (χ2n) is 5.71. The van der Waals surface area contributed by atoms with E-state index in [0.717, 1.165) is 4.57 Å². The van der Waals surface area contributed by atoms with Crippen LogP contribution >= 0.6 is 0 Å². The van der Waals surface area contributed by atoms with Crippen LogP contribution in [0.25, 0.3) is 0 Å². The first-order valence-corrected chi connectivity index (χ1v) is 7.95. The first kappa shape index (κ1) is 19.2. The Bertz CT molecular complexity index is 924. The van der Waals surface area contributed by atoms with Gasteiger partial charge in [0.1, 0.15) is 12.4 Å². The van der Waals surface area contributed by atoms with Crippen LogP contribution in [0.2, 0.25) is 0 Å². The Balaban J connectivity index is 1.83. The lowest BCUT2D eigenvalue weighted by Gasteiger charge is -2.10. The number of carbonyl (C=O) groups is 2. The van der Waals surface area contributed by atoms with Crippen molar-refractivity contribution in [2.24, 2.45) is 14.1 Å². The molecule has 0 atom stereocenters. The Morgan fingerprint density at radius 1 is 1.04 bits per heavy atom. The molecule has 26 heavy (non-hydrogen) atoms. The van der Waals surface area contributed by atoms with Crippen LogP contribution in [0.4, 0.5) is 0 Å². The molecule has 0 saturated heterocycles. The van der Waals surface area contributed by atoms with Gasteiger partial charge in [-0.2, -0.15) is 0 Å². The van der Waals surface area contributed by atoms with Gasteiger partial charge in [0.05, 0.1) is 18.7 Å². The van der Waals surface area contributed by atoms with Gasteiger partial charge in [-0.15, -0.1) is 0 Å². The summed E-state index contributed by atoms with van der Waals surface area (Å²) in [5.41, 5.74) is -0.0547. The Morgan fingerprint density at radius 3 is 2.31 bits per heavy atom. The summed E-state index contributed by atoms with van der Waals surface area (Å²) in [6.45, 7) is 1.41. The molecule has 0 aliphatic carbocycles. The molecule has 0 fully saturated rings. The lowest BCUT2D eigenvalue weighted by atomic mass is 10.1. The van der Waals surface area contributed by atoms with E-state index >= 15 is 0 Å². The van der Waals surface area contributed by atoms with Crippen molar-refractivity contribution in [1.29, 1.82) is 0 Å². The van der Waals surface area contributed by atoms with E-state index in [1.54, 1.807) is 24.3 Å². The monoisotopic (exact) mass is 360 g/mol. The van der Waals surface area contributed by atoms with Gasteiger partial charge in [-0.3, -0.25) is 23.5 Å². The van der Waals surface area contributed by atoms with Crippen LogP contribution in [0, 0.1) is 0 Å².